The third-order valence-corrected chi connectivity index (χ3v) is 4.25. The summed E-state index contributed by atoms with van der Waals surface area (Å²) in [6, 6.07) is 0. The van der Waals surface area contributed by atoms with Gasteiger partial charge in [0.2, 0.25) is 0 Å². The number of imidazole rings is 1. The fraction of sp³-hybridized carbons (Fsp3) is 0.500. The van der Waals surface area contributed by atoms with Crippen LogP contribution in [0, 0.1) is 0 Å². The van der Waals surface area contributed by atoms with Crippen LogP contribution in [-0.4, -0.2) is 40.1 Å². The third-order valence-electron chi connectivity index (χ3n) is 4.25. The Balaban J connectivity index is 0.00000132. The fourth-order valence-electron chi connectivity index (χ4n) is 3.27. The van der Waals surface area contributed by atoms with Gasteiger partial charge in [-0.3, -0.25) is 9.78 Å². The van der Waals surface area contributed by atoms with Crippen LogP contribution in [-0.2, 0) is 6.54 Å². The number of carbonyl (C=O) groups is 1. The summed E-state index contributed by atoms with van der Waals surface area (Å²) in [6.07, 6.45) is 5.62. The van der Waals surface area contributed by atoms with Crippen molar-refractivity contribution < 1.29 is 4.79 Å². The standard InChI is InChI=1S/C14H17N5O.ClH/c20-14-10-7-16-8-11-12(10)19(6-5-17-14)13(18-11)9-1-3-15-4-2-9;/h7-9,15H,1-6H2,(H,17,20);1H. The van der Waals surface area contributed by atoms with Gasteiger partial charge in [-0.15, -0.1) is 12.4 Å². The van der Waals surface area contributed by atoms with Crippen molar-refractivity contribution >= 4 is 29.3 Å². The van der Waals surface area contributed by atoms with Crippen LogP contribution in [0.25, 0.3) is 11.0 Å². The molecule has 2 aromatic heterocycles. The summed E-state index contributed by atoms with van der Waals surface area (Å²) in [5.74, 6) is 1.55. The maximum Gasteiger partial charge on any atom is 0.255 e. The van der Waals surface area contributed by atoms with Crippen molar-refractivity contribution in [1.29, 1.82) is 0 Å². The van der Waals surface area contributed by atoms with E-state index in [1.54, 1.807) is 12.4 Å². The number of aromatic nitrogens is 3. The van der Waals surface area contributed by atoms with Gasteiger partial charge in [0.15, 0.2) is 0 Å². The van der Waals surface area contributed by atoms with Crippen LogP contribution in [0.5, 0.6) is 0 Å². The van der Waals surface area contributed by atoms with E-state index in [0.717, 1.165) is 49.3 Å². The lowest BCUT2D eigenvalue weighted by atomic mass is 9.97. The van der Waals surface area contributed by atoms with Gasteiger partial charge in [-0.05, 0) is 25.9 Å². The SMILES string of the molecule is Cl.O=C1NCCn2c(C3CCNCC3)nc3cncc1c32. The van der Waals surface area contributed by atoms with Crippen LogP contribution < -0.4 is 10.6 Å². The summed E-state index contributed by atoms with van der Waals surface area (Å²) in [6.45, 7) is 3.52. The van der Waals surface area contributed by atoms with E-state index in [1.165, 1.54) is 0 Å². The lowest BCUT2D eigenvalue weighted by Gasteiger charge is -2.23. The number of nitrogens with zero attached hydrogens (tertiary/aromatic N) is 3. The number of hydrogen-bond donors (Lipinski definition) is 2. The second-order valence-electron chi connectivity index (χ2n) is 5.46. The third kappa shape index (κ3) is 2.28. The lowest BCUT2D eigenvalue weighted by Crippen LogP contribution is -2.29. The quantitative estimate of drug-likeness (QED) is 0.826. The highest BCUT2D eigenvalue weighted by atomic mass is 35.5. The second kappa shape index (κ2) is 5.61. The molecule has 0 aliphatic carbocycles. The summed E-state index contributed by atoms with van der Waals surface area (Å²) in [4.78, 5) is 21.0. The molecule has 0 unspecified atom stereocenters. The maximum absolute atomic E-state index is 12.1. The number of carbonyl (C=O) groups excluding carboxylic acids is 1. The maximum atomic E-state index is 12.1. The molecule has 2 aromatic rings. The van der Waals surface area contributed by atoms with Gasteiger partial charge in [-0.2, -0.15) is 0 Å². The Morgan fingerprint density at radius 3 is 2.81 bits per heavy atom. The minimum atomic E-state index is -0.0430. The van der Waals surface area contributed by atoms with Crippen LogP contribution in [0.1, 0.15) is 34.9 Å². The molecule has 0 saturated carbocycles. The Labute approximate surface area is 128 Å². The summed E-state index contributed by atoms with van der Waals surface area (Å²) < 4.78 is 2.22. The number of hydrogen-bond acceptors (Lipinski definition) is 4. The van der Waals surface area contributed by atoms with E-state index in [4.69, 9.17) is 4.98 Å². The molecule has 2 aliphatic rings. The molecular formula is C14H18ClN5O. The zero-order chi connectivity index (χ0) is 13.5. The normalized spacial score (nSPS) is 19.0. The molecule has 0 atom stereocenters. The molecule has 1 saturated heterocycles. The van der Waals surface area contributed by atoms with Crippen molar-refractivity contribution in [3.8, 4) is 0 Å². The molecule has 0 radical (unpaired) electrons. The Bertz CT molecular complexity index is 677. The van der Waals surface area contributed by atoms with Gasteiger partial charge in [0.05, 0.1) is 17.3 Å². The molecule has 0 bridgehead atoms. The van der Waals surface area contributed by atoms with E-state index in [1.807, 2.05) is 0 Å². The second-order valence-corrected chi connectivity index (χ2v) is 5.46. The molecule has 4 rings (SSSR count). The molecule has 112 valence electrons. The zero-order valence-electron chi connectivity index (χ0n) is 11.6. The first kappa shape index (κ1) is 14.3. The first-order chi connectivity index (χ1) is 9.84. The molecule has 6 nitrogen and oxygen atoms in total. The van der Waals surface area contributed by atoms with Crippen LogP contribution in [0.4, 0.5) is 0 Å². The monoisotopic (exact) mass is 307 g/mol. The molecule has 0 aromatic carbocycles. The Hall–Kier alpha value is -1.66. The van der Waals surface area contributed by atoms with Crippen LogP contribution in [0.15, 0.2) is 12.4 Å². The van der Waals surface area contributed by atoms with Crippen molar-refractivity contribution in [3.05, 3.63) is 23.8 Å². The zero-order valence-corrected chi connectivity index (χ0v) is 12.4. The van der Waals surface area contributed by atoms with Crippen LogP contribution in [0.3, 0.4) is 0 Å². The number of halogens is 1. The van der Waals surface area contributed by atoms with E-state index in [2.05, 4.69) is 20.2 Å². The Morgan fingerprint density at radius 2 is 2.00 bits per heavy atom. The summed E-state index contributed by atoms with van der Waals surface area (Å²) in [7, 11) is 0. The summed E-state index contributed by atoms with van der Waals surface area (Å²) in [5.41, 5.74) is 2.43. The Morgan fingerprint density at radius 1 is 1.19 bits per heavy atom. The average Bonchev–Trinajstić information content (AvgIpc) is 2.78. The van der Waals surface area contributed by atoms with Gasteiger partial charge in [-0.25, -0.2) is 4.98 Å². The highest BCUT2D eigenvalue weighted by Gasteiger charge is 2.26. The predicted molar refractivity (Wildman–Crippen MR) is 82.0 cm³/mol. The predicted octanol–water partition coefficient (Wildman–Crippen LogP) is 1.06. The van der Waals surface area contributed by atoms with Gasteiger partial charge < -0.3 is 15.2 Å². The topological polar surface area (TPSA) is 71.8 Å². The largest absolute Gasteiger partial charge is 0.350 e. The molecule has 2 aliphatic heterocycles. The van der Waals surface area contributed by atoms with E-state index >= 15 is 0 Å². The van der Waals surface area contributed by atoms with Gasteiger partial charge in [0.1, 0.15) is 11.3 Å². The average molecular weight is 308 g/mol. The molecule has 2 N–H and O–H groups in total. The highest BCUT2D eigenvalue weighted by Crippen LogP contribution is 2.29. The minimum Gasteiger partial charge on any atom is -0.350 e. The van der Waals surface area contributed by atoms with Crippen molar-refractivity contribution in [2.45, 2.75) is 25.3 Å². The van der Waals surface area contributed by atoms with Gasteiger partial charge >= 0.3 is 0 Å². The summed E-state index contributed by atoms with van der Waals surface area (Å²) >= 11 is 0. The molecule has 0 spiro atoms. The number of piperidine rings is 1. The Kier molecular flexibility index (Phi) is 3.82. The number of pyridine rings is 1. The van der Waals surface area contributed by atoms with Crippen LogP contribution >= 0.6 is 12.4 Å². The van der Waals surface area contributed by atoms with Crippen molar-refractivity contribution in [1.82, 2.24) is 25.2 Å². The van der Waals surface area contributed by atoms with Gasteiger partial charge in [-0.1, -0.05) is 0 Å². The number of nitrogens with one attached hydrogen (secondary N) is 2. The van der Waals surface area contributed by atoms with E-state index in [9.17, 15) is 4.79 Å². The molecular weight excluding hydrogens is 290 g/mol. The van der Waals surface area contributed by atoms with E-state index in [0.29, 0.717) is 18.0 Å². The smallest absolute Gasteiger partial charge is 0.255 e. The molecule has 1 fully saturated rings. The highest BCUT2D eigenvalue weighted by molar-refractivity contribution is 6.05. The molecule has 1 amide bonds. The molecule has 7 heteroatoms. The van der Waals surface area contributed by atoms with Crippen molar-refractivity contribution in [2.75, 3.05) is 19.6 Å². The minimum absolute atomic E-state index is 0. The molecule has 4 heterocycles. The summed E-state index contributed by atoms with van der Waals surface area (Å²) in [5, 5.41) is 6.31. The van der Waals surface area contributed by atoms with E-state index < -0.39 is 0 Å². The first-order valence-electron chi connectivity index (χ1n) is 7.17. The van der Waals surface area contributed by atoms with Gasteiger partial charge in [0, 0.05) is 25.2 Å². The van der Waals surface area contributed by atoms with Crippen molar-refractivity contribution in [2.24, 2.45) is 0 Å². The van der Waals surface area contributed by atoms with Crippen LogP contribution in [0.2, 0.25) is 0 Å². The number of amides is 1. The van der Waals surface area contributed by atoms with E-state index in [-0.39, 0.29) is 18.3 Å². The molecule has 21 heavy (non-hydrogen) atoms. The van der Waals surface area contributed by atoms with Crippen molar-refractivity contribution in [3.63, 3.8) is 0 Å². The lowest BCUT2D eigenvalue weighted by molar-refractivity contribution is 0.0956. The number of rotatable bonds is 1. The van der Waals surface area contributed by atoms with Gasteiger partial charge in [0.25, 0.3) is 5.91 Å². The fourth-order valence-corrected chi connectivity index (χ4v) is 3.27. The first-order valence-corrected chi connectivity index (χ1v) is 7.17.